The molecule has 5 nitrogen and oxygen atoms in total. The van der Waals surface area contributed by atoms with E-state index in [0.717, 1.165) is 0 Å². The van der Waals surface area contributed by atoms with Gasteiger partial charge in [0.15, 0.2) is 0 Å². The van der Waals surface area contributed by atoms with Gasteiger partial charge in [0.2, 0.25) is 0 Å². The van der Waals surface area contributed by atoms with Gasteiger partial charge in [-0.05, 0) is 19.4 Å². The summed E-state index contributed by atoms with van der Waals surface area (Å²) in [6.07, 6.45) is 1.58. The summed E-state index contributed by atoms with van der Waals surface area (Å²) in [5.41, 5.74) is 1.39. The van der Waals surface area contributed by atoms with Crippen LogP contribution in [0, 0.1) is 0 Å². The number of hydrogen-bond acceptors (Lipinski definition) is 4. The normalized spacial score (nSPS) is 24.6. The molecule has 0 aromatic carbocycles. The lowest BCUT2D eigenvalue weighted by molar-refractivity contribution is -0.132. The third-order valence-corrected chi connectivity index (χ3v) is 2.21. The van der Waals surface area contributed by atoms with Crippen molar-refractivity contribution in [1.82, 2.24) is 0 Å². The summed E-state index contributed by atoms with van der Waals surface area (Å²) in [7, 11) is 0. The predicted octanol–water partition coefficient (Wildman–Crippen LogP) is 0.671. The van der Waals surface area contributed by atoms with E-state index in [4.69, 9.17) is 5.11 Å². The average molecular weight is 191 g/mol. The third-order valence-electron chi connectivity index (χ3n) is 2.21. The molecule has 0 aliphatic carbocycles. The minimum Gasteiger partial charge on any atom is -0.477 e. The molecule has 0 aromatic rings. The van der Waals surface area contributed by atoms with Gasteiger partial charge in [0.1, 0.15) is 17.6 Å². The molecule has 0 aromatic heterocycles. The number of hydrogen-bond donors (Lipinski definition) is 1. The highest BCUT2D eigenvalue weighted by Gasteiger charge is 2.30. The Balaban J connectivity index is 2.46. The smallest absolute Gasteiger partial charge is 0.354 e. The topological polar surface area (TPSA) is 74.4 Å². The molecule has 0 amide bonds. The number of carboxylic acids is 1. The molecule has 2 aliphatic heterocycles. The molecule has 2 heterocycles. The highest BCUT2D eigenvalue weighted by molar-refractivity contribution is 6.38. The highest BCUT2D eigenvalue weighted by atomic mass is 16.4. The van der Waals surface area contributed by atoms with Gasteiger partial charge in [-0.3, -0.25) is 4.99 Å². The first-order chi connectivity index (χ1) is 6.59. The van der Waals surface area contributed by atoms with Crippen molar-refractivity contribution in [2.45, 2.75) is 19.9 Å². The number of carbonyl (C=O) groups is 1. The van der Waals surface area contributed by atoms with Gasteiger partial charge in [0.25, 0.3) is 0 Å². The largest absolute Gasteiger partial charge is 0.477 e. The summed E-state index contributed by atoms with van der Waals surface area (Å²) < 4.78 is 0. The van der Waals surface area contributed by atoms with E-state index in [9.17, 15) is 4.79 Å². The lowest BCUT2D eigenvalue weighted by Crippen LogP contribution is -2.23. The lowest BCUT2D eigenvalue weighted by Gasteiger charge is -2.11. The third kappa shape index (κ3) is 1.17. The molecule has 1 unspecified atom stereocenters. The standard InChI is InChI=1S/C9H9N3O2/c1-4-7-6(3-10-5(2)11-7)12-8(4)9(13)14/h3,7H,1-2H3,(H,13,14). The summed E-state index contributed by atoms with van der Waals surface area (Å²) in [4.78, 5) is 22.9. The van der Waals surface area contributed by atoms with Crippen LogP contribution in [0.1, 0.15) is 13.8 Å². The quantitative estimate of drug-likeness (QED) is 0.661. The van der Waals surface area contributed by atoms with Crippen molar-refractivity contribution in [3.8, 4) is 0 Å². The maximum atomic E-state index is 10.8. The van der Waals surface area contributed by atoms with Crippen molar-refractivity contribution in [1.29, 1.82) is 0 Å². The molecule has 0 bridgehead atoms. The molecule has 2 aliphatic rings. The van der Waals surface area contributed by atoms with Crippen LogP contribution in [0.25, 0.3) is 0 Å². The number of carboxylic acid groups (broad SMARTS) is 1. The van der Waals surface area contributed by atoms with Crippen LogP contribution in [-0.4, -0.2) is 34.9 Å². The number of aliphatic carboxylic acids is 1. The molecule has 0 spiro atoms. The van der Waals surface area contributed by atoms with Crippen LogP contribution >= 0.6 is 0 Å². The van der Waals surface area contributed by atoms with Crippen LogP contribution in [0.15, 0.2) is 26.2 Å². The maximum absolute atomic E-state index is 10.8. The van der Waals surface area contributed by atoms with Gasteiger partial charge in [0, 0.05) is 0 Å². The van der Waals surface area contributed by atoms with E-state index < -0.39 is 5.97 Å². The Bertz CT molecular complexity index is 429. The van der Waals surface area contributed by atoms with Gasteiger partial charge in [-0.25, -0.2) is 14.8 Å². The van der Waals surface area contributed by atoms with Crippen molar-refractivity contribution < 1.29 is 9.90 Å². The number of nitrogens with zero attached hydrogens (tertiary/aromatic N) is 3. The molecule has 1 N–H and O–H groups in total. The molecule has 1 atom stereocenters. The van der Waals surface area contributed by atoms with Crippen LogP contribution in [0.5, 0.6) is 0 Å². The molecule has 5 heteroatoms. The predicted molar refractivity (Wildman–Crippen MR) is 53.2 cm³/mol. The minimum absolute atomic E-state index is 0.0925. The second-order valence-electron chi connectivity index (χ2n) is 3.21. The average Bonchev–Trinajstić information content (AvgIpc) is 2.44. The van der Waals surface area contributed by atoms with Gasteiger partial charge in [-0.15, -0.1) is 0 Å². The summed E-state index contributed by atoms with van der Waals surface area (Å²) in [5.74, 6) is -0.356. The van der Waals surface area contributed by atoms with E-state index in [1.165, 1.54) is 0 Å². The molecule has 14 heavy (non-hydrogen) atoms. The molecule has 0 fully saturated rings. The fourth-order valence-corrected chi connectivity index (χ4v) is 1.49. The summed E-state index contributed by atoms with van der Waals surface area (Å²) in [6, 6.07) is -0.237. The van der Waals surface area contributed by atoms with E-state index in [1.54, 1.807) is 20.1 Å². The van der Waals surface area contributed by atoms with E-state index in [2.05, 4.69) is 15.0 Å². The molecule has 0 radical (unpaired) electrons. The van der Waals surface area contributed by atoms with Crippen LogP contribution in [-0.2, 0) is 4.79 Å². The van der Waals surface area contributed by atoms with Crippen LogP contribution in [0.3, 0.4) is 0 Å². The van der Waals surface area contributed by atoms with Crippen LogP contribution in [0.2, 0.25) is 0 Å². The molecule has 0 saturated heterocycles. The number of amidine groups is 1. The fourth-order valence-electron chi connectivity index (χ4n) is 1.49. The van der Waals surface area contributed by atoms with Gasteiger partial charge in [-0.2, -0.15) is 0 Å². The Hall–Kier alpha value is -1.78. The maximum Gasteiger partial charge on any atom is 0.354 e. The van der Waals surface area contributed by atoms with Gasteiger partial charge < -0.3 is 5.11 Å². The van der Waals surface area contributed by atoms with Crippen molar-refractivity contribution in [2.24, 2.45) is 15.0 Å². The van der Waals surface area contributed by atoms with E-state index >= 15 is 0 Å². The Morgan fingerprint density at radius 2 is 2.21 bits per heavy atom. The Kier molecular flexibility index (Phi) is 1.80. The monoisotopic (exact) mass is 191 g/mol. The van der Waals surface area contributed by atoms with E-state index in [-0.39, 0.29) is 11.7 Å². The molecular formula is C9H9N3O2. The summed E-state index contributed by atoms with van der Waals surface area (Å²) in [5, 5.41) is 8.84. The second kappa shape index (κ2) is 2.87. The van der Waals surface area contributed by atoms with Crippen LogP contribution in [0.4, 0.5) is 0 Å². The molecule has 72 valence electrons. The Morgan fingerprint density at radius 1 is 1.50 bits per heavy atom. The van der Waals surface area contributed by atoms with Crippen molar-refractivity contribution >= 4 is 23.7 Å². The Morgan fingerprint density at radius 3 is 2.86 bits per heavy atom. The van der Waals surface area contributed by atoms with Crippen molar-refractivity contribution in [3.05, 3.63) is 11.3 Å². The first kappa shape index (κ1) is 8.80. The molecule has 2 rings (SSSR count). The minimum atomic E-state index is -1.01. The van der Waals surface area contributed by atoms with E-state index in [1.807, 2.05) is 0 Å². The molecule has 0 saturated carbocycles. The first-order valence-electron chi connectivity index (χ1n) is 4.20. The summed E-state index contributed by atoms with van der Waals surface area (Å²) in [6.45, 7) is 3.51. The zero-order valence-electron chi connectivity index (χ0n) is 7.85. The highest BCUT2D eigenvalue weighted by Crippen LogP contribution is 2.23. The van der Waals surface area contributed by atoms with Gasteiger partial charge >= 0.3 is 5.97 Å². The zero-order valence-corrected chi connectivity index (χ0v) is 7.85. The second-order valence-corrected chi connectivity index (χ2v) is 3.21. The lowest BCUT2D eigenvalue weighted by atomic mass is 10.1. The number of fused-ring (bicyclic) bond motifs is 1. The van der Waals surface area contributed by atoms with Crippen molar-refractivity contribution in [2.75, 3.05) is 0 Å². The summed E-state index contributed by atoms with van der Waals surface area (Å²) >= 11 is 0. The van der Waals surface area contributed by atoms with Gasteiger partial charge in [0.05, 0.1) is 11.9 Å². The molecular weight excluding hydrogens is 182 g/mol. The van der Waals surface area contributed by atoms with E-state index in [0.29, 0.717) is 17.1 Å². The zero-order chi connectivity index (χ0) is 10.3. The SMILES string of the molecule is CC1=NC2C(=NC(C(=O)O)=C2C)C=N1. The number of rotatable bonds is 1. The number of aliphatic imine (C=N–C) groups is 3. The van der Waals surface area contributed by atoms with Crippen LogP contribution < -0.4 is 0 Å². The van der Waals surface area contributed by atoms with Gasteiger partial charge in [-0.1, -0.05) is 0 Å². The fraction of sp³-hybridized carbons (Fsp3) is 0.333. The first-order valence-corrected chi connectivity index (χ1v) is 4.20. The van der Waals surface area contributed by atoms with Crippen molar-refractivity contribution in [3.63, 3.8) is 0 Å². The Labute approximate surface area is 80.6 Å².